The first-order chi connectivity index (χ1) is 12.5. The molecule has 0 spiro atoms. The van der Waals surface area contributed by atoms with Gasteiger partial charge in [-0.1, -0.05) is 6.07 Å². The van der Waals surface area contributed by atoms with Gasteiger partial charge in [-0.2, -0.15) is 9.49 Å². The molecule has 0 aliphatic rings. The van der Waals surface area contributed by atoms with Crippen LogP contribution in [0.5, 0.6) is 0 Å². The predicted octanol–water partition coefficient (Wildman–Crippen LogP) is 2.17. The first-order valence-electron chi connectivity index (χ1n) is 7.76. The zero-order valence-electron chi connectivity index (χ0n) is 14.3. The molecule has 0 saturated heterocycles. The molecule has 7 nitrogen and oxygen atoms in total. The second-order valence-electron chi connectivity index (χ2n) is 5.63. The molecule has 0 saturated carbocycles. The number of nitrogens with two attached hydrogens (primary N) is 1. The van der Waals surface area contributed by atoms with Crippen molar-refractivity contribution in [1.29, 1.82) is 0 Å². The van der Waals surface area contributed by atoms with Gasteiger partial charge in [0.05, 0.1) is 18.6 Å². The Morgan fingerprint density at radius 3 is 2.81 bits per heavy atom. The highest BCUT2D eigenvalue weighted by atomic mass is 35.5. The van der Waals surface area contributed by atoms with Crippen LogP contribution in [-0.2, 0) is 6.54 Å². The Balaban J connectivity index is 0.00000261. The number of halogens is 3. The second-order valence-corrected chi connectivity index (χ2v) is 5.63. The lowest BCUT2D eigenvalue weighted by molar-refractivity contribution is 0.575. The summed E-state index contributed by atoms with van der Waals surface area (Å²) in [7, 11) is 0. The van der Waals surface area contributed by atoms with E-state index in [1.807, 2.05) is 0 Å². The fourth-order valence-corrected chi connectivity index (χ4v) is 2.36. The third-order valence-electron chi connectivity index (χ3n) is 3.79. The average molecular weight is 395 g/mol. The highest BCUT2D eigenvalue weighted by molar-refractivity contribution is 5.85. The predicted molar refractivity (Wildman–Crippen MR) is 99.0 cm³/mol. The van der Waals surface area contributed by atoms with Crippen molar-refractivity contribution in [3.63, 3.8) is 0 Å². The van der Waals surface area contributed by atoms with E-state index in [0.717, 1.165) is 4.68 Å². The number of rotatable bonds is 5. The van der Waals surface area contributed by atoms with Crippen LogP contribution >= 0.6 is 12.4 Å². The van der Waals surface area contributed by atoms with Crippen molar-refractivity contribution in [2.75, 3.05) is 6.54 Å². The van der Waals surface area contributed by atoms with Crippen LogP contribution in [0.1, 0.15) is 5.56 Å². The van der Waals surface area contributed by atoms with Crippen LogP contribution in [0.4, 0.5) is 8.78 Å². The summed E-state index contributed by atoms with van der Waals surface area (Å²) in [5.74, 6) is -0.210. The summed E-state index contributed by atoms with van der Waals surface area (Å²) in [6, 6.07) is 6.70. The molecular weight excluding hydrogens is 378 g/mol. The Morgan fingerprint density at radius 2 is 2.15 bits per heavy atom. The molecule has 0 unspecified atom stereocenters. The molecule has 3 heterocycles. The van der Waals surface area contributed by atoms with Gasteiger partial charge in [-0.3, -0.25) is 0 Å². The summed E-state index contributed by atoms with van der Waals surface area (Å²) in [6.07, 6.45) is 3.05. The molecule has 0 fully saturated rings. The number of pyridine rings is 2. The minimum atomic E-state index is -0.543. The Morgan fingerprint density at radius 1 is 1.37 bits per heavy atom. The molecule has 142 valence electrons. The van der Waals surface area contributed by atoms with Crippen molar-refractivity contribution >= 4 is 12.4 Å². The average Bonchev–Trinajstić information content (AvgIpc) is 3.02. The summed E-state index contributed by atoms with van der Waals surface area (Å²) < 4.78 is 28.3. The number of aryl methyl sites for hydroxylation is 1. The monoisotopic (exact) mass is 394 g/mol. The second kappa shape index (κ2) is 8.65. The standard InChI is InChI=1S/C17H16F2N6O.ClH/c1-11-5-13(8-21-16(11)19)14-3-2-4-15(23-14)24-10-22-25(17(24)26)9-12(6-18)7-20;/h2-6,8,10H,7,9,20H2,1H3;1H/b12-6+;. The van der Waals surface area contributed by atoms with Gasteiger partial charge in [0.25, 0.3) is 0 Å². The van der Waals surface area contributed by atoms with Crippen LogP contribution in [0.2, 0.25) is 0 Å². The number of aromatic nitrogens is 5. The number of hydrogen-bond acceptors (Lipinski definition) is 5. The maximum atomic E-state index is 13.3. The SMILES string of the molecule is Cc1cc(-c2cccc(-n3cnn(C/C(=C/F)CN)c3=O)n2)cnc1F.Cl. The maximum absolute atomic E-state index is 13.3. The molecule has 0 amide bonds. The molecule has 27 heavy (non-hydrogen) atoms. The summed E-state index contributed by atoms with van der Waals surface area (Å²) in [5, 5.41) is 3.96. The van der Waals surface area contributed by atoms with E-state index in [-0.39, 0.29) is 31.1 Å². The van der Waals surface area contributed by atoms with E-state index in [1.165, 1.54) is 17.1 Å². The van der Waals surface area contributed by atoms with Gasteiger partial charge < -0.3 is 5.73 Å². The zero-order valence-corrected chi connectivity index (χ0v) is 15.2. The maximum Gasteiger partial charge on any atom is 0.351 e. The van der Waals surface area contributed by atoms with Gasteiger partial charge in [0.2, 0.25) is 5.95 Å². The lowest BCUT2D eigenvalue weighted by Crippen LogP contribution is -2.26. The Hall–Kier alpha value is -2.91. The smallest absolute Gasteiger partial charge is 0.327 e. The molecule has 0 aromatic carbocycles. The van der Waals surface area contributed by atoms with E-state index in [2.05, 4.69) is 15.1 Å². The van der Waals surface area contributed by atoms with Crippen LogP contribution in [0.15, 0.2) is 53.5 Å². The van der Waals surface area contributed by atoms with E-state index in [1.54, 1.807) is 31.2 Å². The molecule has 0 atom stereocenters. The van der Waals surface area contributed by atoms with Crippen LogP contribution in [0, 0.1) is 12.9 Å². The zero-order chi connectivity index (χ0) is 18.7. The molecule has 3 rings (SSSR count). The third kappa shape index (κ3) is 4.26. The Labute approximate surface area is 159 Å². The summed E-state index contributed by atoms with van der Waals surface area (Å²) in [4.78, 5) is 20.6. The molecule has 3 aromatic heterocycles. The van der Waals surface area contributed by atoms with E-state index in [9.17, 15) is 13.6 Å². The van der Waals surface area contributed by atoms with E-state index < -0.39 is 11.6 Å². The Bertz CT molecular complexity index is 1030. The van der Waals surface area contributed by atoms with Crippen molar-refractivity contribution in [3.05, 3.63) is 70.7 Å². The molecule has 0 radical (unpaired) electrons. The molecular formula is C17H17ClF2N6O. The fourth-order valence-electron chi connectivity index (χ4n) is 2.36. The van der Waals surface area contributed by atoms with Crippen LogP contribution in [-0.4, -0.2) is 30.9 Å². The van der Waals surface area contributed by atoms with Crippen LogP contribution < -0.4 is 11.4 Å². The molecule has 10 heteroatoms. The molecule has 3 aromatic rings. The van der Waals surface area contributed by atoms with Gasteiger partial charge in [0.1, 0.15) is 12.1 Å². The summed E-state index contributed by atoms with van der Waals surface area (Å²) in [6.45, 7) is 1.55. The van der Waals surface area contributed by atoms with Crippen LogP contribution in [0.3, 0.4) is 0 Å². The normalized spacial score (nSPS) is 11.3. The first kappa shape index (κ1) is 20.4. The minimum Gasteiger partial charge on any atom is -0.327 e. The molecule has 0 aliphatic heterocycles. The number of hydrogen-bond donors (Lipinski definition) is 1. The van der Waals surface area contributed by atoms with Gasteiger partial charge in [0.15, 0.2) is 0 Å². The van der Waals surface area contributed by atoms with Crippen molar-refractivity contribution in [1.82, 2.24) is 24.3 Å². The van der Waals surface area contributed by atoms with Crippen molar-refractivity contribution in [2.45, 2.75) is 13.5 Å². The minimum absolute atomic E-state index is 0. The largest absolute Gasteiger partial charge is 0.351 e. The third-order valence-corrected chi connectivity index (χ3v) is 3.79. The van der Waals surface area contributed by atoms with Gasteiger partial charge >= 0.3 is 5.69 Å². The molecule has 0 bridgehead atoms. The van der Waals surface area contributed by atoms with E-state index in [0.29, 0.717) is 29.0 Å². The molecule has 0 aliphatic carbocycles. The lowest BCUT2D eigenvalue weighted by atomic mass is 10.1. The molecule has 2 N–H and O–H groups in total. The van der Waals surface area contributed by atoms with Crippen molar-refractivity contribution < 1.29 is 8.78 Å². The topological polar surface area (TPSA) is 91.6 Å². The van der Waals surface area contributed by atoms with Gasteiger partial charge in [-0.05, 0) is 30.7 Å². The summed E-state index contributed by atoms with van der Waals surface area (Å²) >= 11 is 0. The number of nitrogens with zero attached hydrogens (tertiary/aromatic N) is 5. The van der Waals surface area contributed by atoms with E-state index >= 15 is 0 Å². The van der Waals surface area contributed by atoms with Gasteiger partial charge in [-0.15, -0.1) is 12.4 Å². The Kier molecular flexibility index (Phi) is 6.54. The summed E-state index contributed by atoms with van der Waals surface area (Å²) in [5.41, 5.74) is 6.72. The first-order valence-corrected chi connectivity index (χ1v) is 7.76. The fraction of sp³-hybridized carbons (Fsp3) is 0.176. The lowest BCUT2D eigenvalue weighted by Gasteiger charge is -2.05. The van der Waals surface area contributed by atoms with Crippen LogP contribution in [0.25, 0.3) is 17.1 Å². The highest BCUT2D eigenvalue weighted by Gasteiger charge is 2.11. The highest BCUT2D eigenvalue weighted by Crippen LogP contribution is 2.19. The van der Waals surface area contributed by atoms with Crippen molar-refractivity contribution in [3.8, 4) is 17.1 Å². The van der Waals surface area contributed by atoms with Crippen molar-refractivity contribution in [2.24, 2.45) is 5.73 Å². The van der Waals surface area contributed by atoms with Gasteiger partial charge in [0, 0.05) is 23.9 Å². The van der Waals surface area contributed by atoms with Gasteiger partial charge in [-0.25, -0.2) is 28.4 Å². The quantitative estimate of drug-likeness (QED) is 0.669. The van der Waals surface area contributed by atoms with E-state index in [4.69, 9.17) is 5.73 Å².